The van der Waals surface area contributed by atoms with Crippen LogP contribution in [-0.2, 0) is 0 Å². The van der Waals surface area contributed by atoms with Crippen LogP contribution >= 0.6 is 0 Å². The Morgan fingerprint density at radius 3 is 2.30 bits per heavy atom. The smallest absolute Gasteiger partial charge is 0.270 e. The molecule has 1 aliphatic heterocycles. The highest BCUT2D eigenvalue weighted by Crippen LogP contribution is 2.22. The molecule has 0 aromatic carbocycles. The number of aromatic nitrogens is 4. The summed E-state index contributed by atoms with van der Waals surface area (Å²) >= 11 is 0. The van der Waals surface area contributed by atoms with Crippen LogP contribution in [0.3, 0.4) is 0 Å². The first kappa shape index (κ1) is 23.1. The van der Waals surface area contributed by atoms with Gasteiger partial charge in [0.05, 0.1) is 0 Å². The van der Waals surface area contributed by atoms with Crippen LogP contribution in [0.5, 0.6) is 0 Å². The van der Waals surface area contributed by atoms with Gasteiger partial charge in [0.1, 0.15) is 17.3 Å². The monoisotopic (exact) mass is 449 g/mol. The van der Waals surface area contributed by atoms with Crippen molar-refractivity contribution in [1.82, 2.24) is 25.3 Å². The molecule has 8 heteroatoms. The summed E-state index contributed by atoms with van der Waals surface area (Å²) in [4.78, 5) is 35.8. The lowest BCUT2D eigenvalue weighted by Gasteiger charge is -2.23. The number of hydrogen-bond donors (Lipinski definition) is 1. The lowest BCUT2D eigenvalue weighted by atomic mass is 9.95. The van der Waals surface area contributed by atoms with Crippen LogP contribution in [0, 0.1) is 13.8 Å². The number of nitrogens with zero attached hydrogens (tertiary/aromatic N) is 6. The van der Waals surface area contributed by atoms with Gasteiger partial charge in [-0.3, -0.25) is 4.79 Å². The summed E-state index contributed by atoms with van der Waals surface area (Å²) < 4.78 is 0. The minimum absolute atomic E-state index is 0.114. The number of anilines is 2. The molecular weight excluding hydrogens is 414 g/mol. The Labute approximate surface area is 196 Å². The normalized spacial score (nSPS) is 17.0. The van der Waals surface area contributed by atoms with Crippen molar-refractivity contribution in [2.75, 3.05) is 37.0 Å². The van der Waals surface area contributed by atoms with Crippen molar-refractivity contribution in [2.45, 2.75) is 64.8 Å². The summed E-state index contributed by atoms with van der Waals surface area (Å²) in [6, 6.07) is 2.07. The Morgan fingerprint density at radius 2 is 1.64 bits per heavy atom. The second-order valence-electron chi connectivity index (χ2n) is 9.32. The largest absolute Gasteiger partial charge is 0.362 e. The Balaban J connectivity index is 1.62. The third-order valence-electron chi connectivity index (χ3n) is 6.52. The van der Waals surface area contributed by atoms with Gasteiger partial charge in [-0.05, 0) is 51.7 Å². The van der Waals surface area contributed by atoms with Crippen LogP contribution < -0.4 is 15.1 Å². The predicted molar refractivity (Wildman–Crippen MR) is 133 cm³/mol. The lowest BCUT2D eigenvalue weighted by molar-refractivity contribution is 0.0922. The van der Waals surface area contributed by atoms with E-state index in [4.69, 9.17) is 4.98 Å². The number of nitrogens with one attached hydrogen (secondary N) is 1. The van der Waals surface area contributed by atoms with Crippen LogP contribution in [0.2, 0.25) is 0 Å². The molecule has 3 heterocycles. The van der Waals surface area contributed by atoms with Crippen molar-refractivity contribution in [1.29, 1.82) is 0 Å². The lowest BCUT2D eigenvalue weighted by Crippen LogP contribution is -2.36. The molecular formula is C25H35N7O. The fraction of sp³-hybridized carbons (Fsp3) is 0.560. The standard InChI is InChI=1S/C25H35N7O/c1-17-18(2)26-21(30-24(17)31(3)4)12-13-22-28-20(16-23(29-22)32-14-8-9-15-32)25(33)27-19-10-6-5-7-11-19/h12-13,16,19H,5-11,14-15H2,1-4H3,(H,27,33)/b13-12+. The predicted octanol–water partition coefficient (Wildman–Crippen LogP) is 3.78. The van der Waals surface area contributed by atoms with Gasteiger partial charge in [0, 0.05) is 50.6 Å². The summed E-state index contributed by atoms with van der Waals surface area (Å²) in [6.07, 6.45) is 11.6. The van der Waals surface area contributed by atoms with E-state index in [0.717, 1.165) is 61.7 Å². The highest BCUT2D eigenvalue weighted by atomic mass is 16.1. The van der Waals surface area contributed by atoms with Crippen LogP contribution in [0.1, 0.15) is 78.3 Å². The summed E-state index contributed by atoms with van der Waals surface area (Å²) in [7, 11) is 3.95. The van der Waals surface area contributed by atoms with E-state index in [9.17, 15) is 4.79 Å². The van der Waals surface area contributed by atoms with Gasteiger partial charge >= 0.3 is 0 Å². The summed E-state index contributed by atoms with van der Waals surface area (Å²) in [6.45, 7) is 5.92. The minimum Gasteiger partial charge on any atom is -0.362 e. The van der Waals surface area contributed by atoms with Gasteiger partial charge < -0.3 is 15.1 Å². The van der Waals surface area contributed by atoms with Crippen molar-refractivity contribution in [3.05, 3.63) is 34.7 Å². The average Bonchev–Trinajstić information content (AvgIpc) is 3.35. The Hall–Kier alpha value is -3.03. The summed E-state index contributed by atoms with van der Waals surface area (Å²) in [5.74, 6) is 2.69. The fourth-order valence-corrected chi connectivity index (χ4v) is 4.55. The van der Waals surface area contributed by atoms with E-state index in [-0.39, 0.29) is 11.9 Å². The Bertz CT molecular complexity index is 1020. The number of carbonyl (C=O) groups is 1. The van der Waals surface area contributed by atoms with E-state index < -0.39 is 0 Å². The molecule has 33 heavy (non-hydrogen) atoms. The number of carbonyl (C=O) groups excluding carboxylic acids is 1. The third-order valence-corrected chi connectivity index (χ3v) is 6.52. The number of rotatable bonds is 6. The first-order chi connectivity index (χ1) is 15.9. The van der Waals surface area contributed by atoms with Crippen LogP contribution in [0.4, 0.5) is 11.6 Å². The van der Waals surface area contributed by atoms with Crippen molar-refractivity contribution in [2.24, 2.45) is 0 Å². The first-order valence-electron chi connectivity index (χ1n) is 12.1. The topological polar surface area (TPSA) is 87.1 Å². The van der Waals surface area contributed by atoms with Gasteiger partial charge in [-0.2, -0.15) is 0 Å². The van der Waals surface area contributed by atoms with Crippen molar-refractivity contribution in [3.63, 3.8) is 0 Å². The maximum atomic E-state index is 13.0. The molecule has 0 bridgehead atoms. The second kappa shape index (κ2) is 10.3. The van der Waals surface area contributed by atoms with Crippen molar-refractivity contribution < 1.29 is 4.79 Å². The van der Waals surface area contributed by atoms with E-state index in [1.807, 2.05) is 45.0 Å². The van der Waals surface area contributed by atoms with Crippen LogP contribution in [0.25, 0.3) is 12.2 Å². The van der Waals surface area contributed by atoms with Gasteiger partial charge in [0.15, 0.2) is 11.6 Å². The molecule has 1 saturated heterocycles. The molecule has 2 aromatic rings. The molecule has 2 aliphatic rings. The highest BCUT2D eigenvalue weighted by Gasteiger charge is 2.21. The zero-order valence-electron chi connectivity index (χ0n) is 20.3. The van der Waals surface area contributed by atoms with Crippen LogP contribution in [0.15, 0.2) is 6.07 Å². The minimum atomic E-state index is -0.114. The molecule has 4 rings (SSSR count). The van der Waals surface area contributed by atoms with E-state index in [1.54, 1.807) is 6.08 Å². The molecule has 0 radical (unpaired) electrons. The number of aryl methyl sites for hydroxylation is 1. The van der Waals surface area contributed by atoms with E-state index in [2.05, 4.69) is 25.2 Å². The maximum Gasteiger partial charge on any atom is 0.270 e. The Morgan fingerprint density at radius 1 is 0.970 bits per heavy atom. The SMILES string of the molecule is Cc1nc(/C=C/c2nc(C(=O)NC3CCCCC3)cc(N3CCCC3)n2)nc(N(C)C)c1C. The van der Waals surface area contributed by atoms with Gasteiger partial charge in [0.2, 0.25) is 0 Å². The van der Waals surface area contributed by atoms with E-state index in [0.29, 0.717) is 17.3 Å². The maximum absolute atomic E-state index is 13.0. The zero-order chi connectivity index (χ0) is 23.4. The number of amides is 1. The third kappa shape index (κ3) is 5.67. The van der Waals surface area contributed by atoms with E-state index in [1.165, 1.54) is 19.3 Å². The summed E-state index contributed by atoms with van der Waals surface area (Å²) in [5, 5.41) is 3.19. The van der Waals surface area contributed by atoms with Gasteiger partial charge in [-0.15, -0.1) is 0 Å². The molecule has 1 N–H and O–H groups in total. The molecule has 1 amide bonds. The summed E-state index contributed by atoms with van der Waals surface area (Å²) in [5.41, 5.74) is 2.42. The van der Waals surface area contributed by atoms with Gasteiger partial charge in [0.25, 0.3) is 5.91 Å². The molecule has 1 saturated carbocycles. The molecule has 2 aromatic heterocycles. The van der Waals surface area contributed by atoms with Gasteiger partial charge in [-0.25, -0.2) is 19.9 Å². The molecule has 0 unspecified atom stereocenters. The second-order valence-corrected chi connectivity index (χ2v) is 9.32. The molecule has 1 aliphatic carbocycles. The average molecular weight is 450 g/mol. The van der Waals surface area contributed by atoms with Crippen LogP contribution in [-0.4, -0.2) is 59.1 Å². The van der Waals surface area contributed by atoms with Crippen molar-refractivity contribution >= 4 is 29.7 Å². The molecule has 0 spiro atoms. The Kier molecular flexibility index (Phi) is 7.20. The fourth-order valence-electron chi connectivity index (χ4n) is 4.55. The molecule has 0 atom stereocenters. The quantitative estimate of drug-likeness (QED) is 0.718. The first-order valence-corrected chi connectivity index (χ1v) is 12.1. The molecule has 8 nitrogen and oxygen atoms in total. The van der Waals surface area contributed by atoms with Crippen molar-refractivity contribution in [3.8, 4) is 0 Å². The van der Waals surface area contributed by atoms with Gasteiger partial charge in [-0.1, -0.05) is 19.3 Å². The highest BCUT2D eigenvalue weighted by molar-refractivity contribution is 5.93. The molecule has 176 valence electrons. The number of hydrogen-bond acceptors (Lipinski definition) is 7. The zero-order valence-corrected chi connectivity index (χ0v) is 20.3. The molecule has 2 fully saturated rings. The van der Waals surface area contributed by atoms with E-state index >= 15 is 0 Å².